The summed E-state index contributed by atoms with van der Waals surface area (Å²) in [5.74, 6) is 0.962. The molecular formula is C18H26N2O. The van der Waals surface area contributed by atoms with Gasteiger partial charge in [0.05, 0.1) is 23.3 Å². The predicted molar refractivity (Wildman–Crippen MR) is 86.4 cm³/mol. The Labute approximate surface area is 128 Å². The van der Waals surface area contributed by atoms with Gasteiger partial charge in [-0.05, 0) is 64.5 Å². The van der Waals surface area contributed by atoms with Crippen LogP contribution in [-0.2, 0) is 0 Å². The van der Waals surface area contributed by atoms with Crippen LogP contribution in [0.4, 0.5) is 5.69 Å². The van der Waals surface area contributed by atoms with Gasteiger partial charge in [-0.25, -0.2) is 0 Å². The lowest BCUT2D eigenvalue weighted by Crippen LogP contribution is -2.14. The highest BCUT2D eigenvalue weighted by Crippen LogP contribution is 2.30. The van der Waals surface area contributed by atoms with Crippen molar-refractivity contribution in [3.8, 4) is 11.8 Å². The summed E-state index contributed by atoms with van der Waals surface area (Å²) in [6, 6.07) is 10.5. The molecule has 3 nitrogen and oxygen atoms in total. The van der Waals surface area contributed by atoms with Crippen LogP contribution in [0.5, 0.6) is 5.75 Å². The molecule has 1 fully saturated rings. The molecule has 2 rings (SSSR count). The Kier molecular flexibility index (Phi) is 5.50. The lowest BCUT2D eigenvalue weighted by atomic mass is 9.90. The molecule has 0 bridgehead atoms. The molecule has 0 amide bonds. The van der Waals surface area contributed by atoms with Crippen LogP contribution in [0.1, 0.15) is 52.4 Å². The van der Waals surface area contributed by atoms with Crippen molar-refractivity contribution in [3.63, 3.8) is 0 Å². The van der Waals surface area contributed by atoms with Gasteiger partial charge in [-0.3, -0.25) is 0 Å². The Morgan fingerprint density at radius 3 is 2.71 bits per heavy atom. The van der Waals surface area contributed by atoms with E-state index in [0.717, 1.165) is 30.8 Å². The van der Waals surface area contributed by atoms with E-state index in [-0.39, 0.29) is 5.41 Å². The third-order valence-electron chi connectivity index (χ3n) is 4.08. The topological polar surface area (TPSA) is 45.0 Å². The average molecular weight is 286 g/mol. The SMILES string of the molecule is CC(C)(C#N)CCCNc1ccccc1OC1CCCC1. The van der Waals surface area contributed by atoms with Crippen LogP contribution < -0.4 is 10.1 Å². The molecule has 0 atom stereocenters. The summed E-state index contributed by atoms with van der Waals surface area (Å²) in [5.41, 5.74) is 0.834. The van der Waals surface area contributed by atoms with Gasteiger partial charge in [0.1, 0.15) is 5.75 Å². The summed E-state index contributed by atoms with van der Waals surface area (Å²) >= 11 is 0. The molecule has 1 aliphatic rings. The molecule has 1 aromatic rings. The Morgan fingerprint density at radius 1 is 1.29 bits per heavy atom. The highest BCUT2D eigenvalue weighted by molar-refractivity contribution is 5.56. The number of ether oxygens (including phenoxy) is 1. The molecule has 1 saturated carbocycles. The standard InChI is InChI=1S/C18H26N2O/c1-18(2,14-19)12-7-13-20-16-10-5-6-11-17(16)21-15-8-3-4-9-15/h5-6,10-11,15,20H,3-4,7-9,12-13H2,1-2H3. The van der Waals surface area contributed by atoms with Gasteiger partial charge in [0.2, 0.25) is 0 Å². The van der Waals surface area contributed by atoms with Gasteiger partial charge >= 0.3 is 0 Å². The molecule has 114 valence electrons. The molecule has 1 N–H and O–H groups in total. The van der Waals surface area contributed by atoms with Crippen LogP contribution in [0.3, 0.4) is 0 Å². The number of hydrogen-bond donors (Lipinski definition) is 1. The van der Waals surface area contributed by atoms with Gasteiger partial charge in [0, 0.05) is 6.54 Å². The maximum Gasteiger partial charge on any atom is 0.142 e. The molecule has 21 heavy (non-hydrogen) atoms. The molecule has 3 heteroatoms. The Hall–Kier alpha value is -1.69. The number of nitrogens with one attached hydrogen (secondary N) is 1. The summed E-state index contributed by atoms with van der Waals surface area (Å²) in [7, 11) is 0. The van der Waals surface area contributed by atoms with E-state index in [2.05, 4.69) is 17.5 Å². The number of para-hydroxylation sites is 2. The second kappa shape index (κ2) is 7.36. The molecule has 0 saturated heterocycles. The summed E-state index contributed by atoms with van der Waals surface area (Å²) in [4.78, 5) is 0. The fraction of sp³-hybridized carbons (Fsp3) is 0.611. The zero-order valence-corrected chi connectivity index (χ0v) is 13.2. The van der Waals surface area contributed by atoms with Crippen LogP contribution in [0.2, 0.25) is 0 Å². The number of rotatable bonds is 7. The molecule has 0 radical (unpaired) electrons. The van der Waals surface area contributed by atoms with Gasteiger partial charge in [0.15, 0.2) is 0 Å². The summed E-state index contributed by atoms with van der Waals surface area (Å²) in [6.07, 6.45) is 7.17. The Morgan fingerprint density at radius 2 is 2.00 bits per heavy atom. The van der Waals surface area contributed by atoms with Crippen molar-refractivity contribution in [1.29, 1.82) is 5.26 Å². The zero-order chi connectivity index (χ0) is 15.1. The maximum atomic E-state index is 9.02. The summed E-state index contributed by atoms with van der Waals surface area (Å²) in [6.45, 7) is 4.85. The minimum atomic E-state index is -0.235. The first-order valence-corrected chi connectivity index (χ1v) is 8.01. The van der Waals surface area contributed by atoms with Gasteiger partial charge < -0.3 is 10.1 Å². The van der Waals surface area contributed by atoms with Gasteiger partial charge in [-0.1, -0.05) is 12.1 Å². The van der Waals surface area contributed by atoms with Crippen LogP contribution in [0.15, 0.2) is 24.3 Å². The third kappa shape index (κ3) is 4.97. The van der Waals surface area contributed by atoms with Crippen LogP contribution in [0.25, 0.3) is 0 Å². The van der Waals surface area contributed by atoms with Crippen LogP contribution in [-0.4, -0.2) is 12.6 Å². The van der Waals surface area contributed by atoms with Gasteiger partial charge in [0.25, 0.3) is 0 Å². The van der Waals surface area contributed by atoms with Crippen molar-refractivity contribution >= 4 is 5.69 Å². The molecular weight excluding hydrogens is 260 g/mol. The molecule has 0 aromatic heterocycles. The molecule has 1 aromatic carbocycles. The number of nitrogens with zero attached hydrogens (tertiary/aromatic N) is 1. The van der Waals surface area contributed by atoms with E-state index in [1.54, 1.807) is 0 Å². The second-order valence-electron chi connectivity index (χ2n) is 6.55. The fourth-order valence-corrected chi connectivity index (χ4v) is 2.71. The summed E-state index contributed by atoms with van der Waals surface area (Å²) < 4.78 is 6.11. The smallest absolute Gasteiger partial charge is 0.142 e. The van der Waals surface area contributed by atoms with E-state index >= 15 is 0 Å². The fourth-order valence-electron chi connectivity index (χ4n) is 2.71. The lowest BCUT2D eigenvalue weighted by Gasteiger charge is -2.18. The minimum absolute atomic E-state index is 0.235. The highest BCUT2D eigenvalue weighted by Gasteiger charge is 2.18. The number of nitriles is 1. The highest BCUT2D eigenvalue weighted by atomic mass is 16.5. The lowest BCUT2D eigenvalue weighted by molar-refractivity contribution is 0.211. The van der Waals surface area contributed by atoms with Crippen molar-refractivity contribution in [2.24, 2.45) is 5.41 Å². The van der Waals surface area contributed by atoms with Crippen molar-refractivity contribution < 1.29 is 4.74 Å². The number of hydrogen-bond acceptors (Lipinski definition) is 3. The quantitative estimate of drug-likeness (QED) is 0.736. The first kappa shape index (κ1) is 15.7. The predicted octanol–water partition coefficient (Wildman–Crippen LogP) is 4.75. The van der Waals surface area contributed by atoms with E-state index in [1.807, 2.05) is 32.0 Å². The Balaban J connectivity index is 1.84. The van der Waals surface area contributed by atoms with Crippen molar-refractivity contribution in [2.75, 3.05) is 11.9 Å². The molecule has 0 spiro atoms. The zero-order valence-electron chi connectivity index (χ0n) is 13.2. The number of anilines is 1. The first-order valence-electron chi connectivity index (χ1n) is 8.01. The number of benzene rings is 1. The van der Waals surface area contributed by atoms with Gasteiger partial charge in [-0.2, -0.15) is 5.26 Å². The normalized spacial score (nSPS) is 15.7. The van der Waals surface area contributed by atoms with E-state index < -0.39 is 0 Å². The van der Waals surface area contributed by atoms with E-state index in [4.69, 9.17) is 10.00 Å². The molecule has 0 unspecified atom stereocenters. The largest absolute Gasteiger partial charge is 0.488 e. The van der Waals surface area contributed by atoms with Crippen molar-refractivity contribution in [2.45, 2.75) is 58.5 Å². The van der Waals surface area contributed by atoms with Crippen molar-refractivity contribution in [1.82, 2.24) is 0 Å². The molecule has 0 heterocycles. The third-order valence-corrected chi connectivity index (χ3v) is 4.08. The molecule has 1 aliphatic carbocycles. The van der Waals surface area contributed by atoms with Crippen LogP contribution >= 0.6 is 0 Å². The maximum absolute atomic E-state index is 9.02. The summed E-state index contributed by atoms with van der Waals surface area (Å²) in [5, 5.41) is 12.5. The first-order chi connectivity index (χ1) is 10.1. The minimum Gasteiger partial charge on any atom is -0.488 e. The van der Waals surface area contributed by atoms with Gasteiger partial charge in [-0.15, -0.1) is 0 Å². The average Bonchev–Trinajstić information content (AvgIpc) is 2.98. The molecule has 0 aliphatic heterocycles. The van der Waals surface area contributed by atoms with Crippen LogP contribution in [0, 0.1) is 16.7 Å². The van der Waals surface area contributed by atoms with E-state index in [9.17, 15) is 0 Å². The second-order valence-corrected chi connectivity index (χ2v) is 6.55. The van der Waals surface area contributed by atoms with E-state index in [0.29, 0.717) is 6.10 Å². The Bertz CT molecular complexity index is 484. The monoisotopic (exact) mass is 286 g/mol. The van der Waals surface area contributed by atoms with E-state index in [1.165, 1.54) is 25.7 Å². The van der Waals surface area contributed by atoms with Crippen molar-refractivity contribution in [3.05, 3.63) is 24.3 Å².